The van der Waals surface area contributed by atoms with Crippen LogP contribution in [-0.2, 0) is 11.2 Å². The van der Waals surface area contributed by atoms with Gasteiger partial charge in [0.25, 0.3) is 0 Å². The summed E-state index contributed by atoms with van der Waals surface area (Å²) in [5.74, 6) is -2.80. The average Bonchev–Trinajstić information content (AvgIpc) is 2.76. The molecule has 0 saturated carbocycles. The summed E-state index contributed by atoms with van der Waals surface area (Å²) in [7, 11) is 0. The molecule has 1 saturated heterocycles. The van der Waals surface area contributed by atoms with Gasteiger partial charge in [0.15, 0.2) is 5.41 Å². The molecule has 1 aliphatic rings. The highest BCUT2D eigenvalue weighted by Crippen LogP contribution is 2.47. The number of carboxylic acid groups (broad SMARTS) is 1. The van der Waals surface area contributed by atoms with E-state index in [2.05, 4.69) is 5.32 Å². The van der Waals surface area contributed by atoms with Crippen molar-refractivity contribution in [2.75, 3.05) is 13.1 Å². The van der Waals surface area contributed by atoms with Crippen LogP contribution in [0.1, 0.15) is 11.1 Å². The molecular weight excluding hydrogens is 271 g/mol. The zero-order chi connectivity index (χ0) is 15.0. The average molecular weight is 287 g/mol. The zero-order valence-corrected chi connectivity index (χ0v) is 11.0. The SMILES string of the molecule is Cc1ccccc1C[C@@H]1CNC[C@]1(C(=O)O)C(F)(F)F. The number of rotatable bonds is 3. The summed E-state index contributed by atoms with van der Waals surface area (Å²) in [5, 5.41) is 11.7. The molecule has 0 aliphatic carbocycles. The van der Waals surface area contributed by atoms with E-state index in [1.165, 1.54) is 0 Å². The number of alkyl halides is 3. The number of halogens is 3. The lowest BCUT2D eigenvalue weighted by Gasteiger charge is -2.32. The molecule has 3 nitrogen and oxygen atoms in total. The molecule has 20 heavy (non-hydrogen) atoms. The number of hydrogen-bond acceptors (Lipinski definition) is 2. The lowest BCUT2D eigenvalue weighted by molar-refractivity contribution is -0.236. The lowest BCUT2D eigenvalue weighted by Crippen LogP contribution is -2.51. The summed E-state index contributed by atoms with van der Waals surface area (Å²) in [6, 6.07) is 7.12. The number of hydrogen-bond donors (Lipinski definition) is 2. The Balaban J connectivity index is 2.35. The summed E-state index contributed by atoms with van der Waals surface area (Å²) in [6.07, 6.45) is -4.67. The third-order valence-corrected chi connectivity index (χ3v) is 4.11. The Kier molecular flexibility index (Phi) is 3.77. The van der Waals surface area contributed by atoms with Crippen molar-refractivity contribution >= 4 is 5.97 Å². The van der Waals surface area contributed by atoms with Gasteiger partial charge in [-0.3, -0.25) is 4.79 Å². The van der Waals surface area contributed by atoms with Gasteiger partial charge < -0.3 is 10.4 Å². The second kappa shape index (κ2) is 5.09. The van der Waals surface area contributed by atoms with Crippen molar-refractivity contribution in [2.24, 2.45) is 11.3 Å². The first-order chi connectivity index (χ1) is 9.29. The molecule has 0 unspecified atom stereocenters. The van der Waals surface area contributed by atoms with Gasteiger partial charge in [-0.25, -0.2) is 0 Å². The van der Waals surface area contributed by atoms with Crippen LogP contribution in [0.25, 0.3) is 0 Å². The first kappa shape index (κ1) is 14.8. The lowest BCUT2D eigenvalue weighted by atomic mass is 9.74. The molecule has 0 aromatic heterocycles. The minimum atomic E-state index is -4.77. The highest BCUT2D eigenvalue weighted by molar-refractivity contribution is 5.77. The van der Waals surface area contributed by atoms with E-state index in [9.17, 15) is 18.0 Å². The van der Waals surface area contributed by atoms with E-state index >= 15 is 0 Å². The summed E-state index contributed by atoms with van der Waals surface area (Å²) >= 11 is 0. The molecule has 2 rings (SSSR count). The Morgan fingerprint density at radius 1 is 1.45 bits per heavy atom. The molecule has 0 bridgehead atoms. The van der Waals surface area contributed by atoms with Crippen LogP contribution in [0.2, 0.25) is 0 Å². The van der Waals surface area contributed by atoms with Gasteiger partial charge in [0, 0.05) is 12.5 Å². The molecule has 1 aromatic carbocycles. The first-order valence-electron chi connectivity index (χ1n) is 6.34. The Morgan fingerprint density at radius 3 is 2.65 bits per heavy atom. The van der Waals surface area contributed by atoms with Crippen molar-refractivity contribution in [1.82, 2.24) is 5.32 Å². The minimum Gasteiger partial charge on any atom is -0.481 e. The molecule has 1 aliphatic heterocycles. The molecule has 0 amide bonds. The van der Waals surface area contributed by atoms with Crippen molar-refractivity contribution in [3.8, 4) is 0 Å². The maximum atomic E-state index is 13.3. The Bertz CT molecular complexity index is 515. The molecule has 1 aromatic rings. The molecule has 2 atom stereocenters. The van der Waals surface area contributed by atoms with E-state index in [1.807, 2.05) is 13.0 Å². The second-order valence-electron chi connectivity index (χ2n) is 5.23. The normalized spacial score (nSPS) is 26.7. The van der Waals surface area contributed by atoms with Crippen molar-refractivity contribution in [2.45, 2.75) is 19.5 Å². The van der Waals surface area contributed by atoms with Crippen LogP contribution in [0.3, 0.4) is 0 Å². The smallest absolute Gasteiger partial charge is 0.406 e. The molecule has 1 fully saturated rings. The van der Waals surface area contributed by atoms with E-state index in [-0.39, 0.29) is 13.0 Å². The number of nitrogens with one attached hydrogen (secondary N) is 1. The fraction of sp³-hybridized carbons (Fsp3) is 0.500. The van der Waals surface area contributed by atoms with Crippen LogP contribution in [0.15, 0.2) is 24.3 Å². The molecule has 0 spiro atoms. The highest BCUT2D eigenvalue weighted by atomic mass is 19.4. The van der Waals surface area contributed by atoms with Gasteiger partial charge in [-0.1, -0.05) is 24.3 Å². The number of benzene rings is 1. The summed E-state index contributed by atoms with van der Waals surface area (Å²) in [4.78, 5) is 11.3. The third-order valence-electron chi connectivity index (χ3n) is 4.11. The zero-order valence-electron chi connectivity index (χ0n) is 11.0. The fourth-order valence-electron chi connectivity index (χ4n) is 2.82. The number of aryl methyl sites for hydroxylation is 1. The number of aliphatic carboxylic acids is 1. The maximum Gasteiger partial charge on any atom is 0.406 e. The van der Waals surface area contributed by atoms with Gasteiger partial charge in [0.05, 0.1) is 0 Å². The van der Waals surface area contributed by atoms with Gasteiger partial charge in [0.1, 0.15) is 0 Å². The quantitative estimate of drug-likeness (QED) is 0.897. The molecule has 1 heterocycles. The van der Waals surface area contributed by atoms with E-state index in [0.29, 0.717) is 0 Å². The van der Waals surface area contributed by atoms with Crippen LogP contribution >= 0.6 is 0 Å². The van der Waals surface area contributed by atoms with Crippen LogP contribution in [0.4, 0.5) is 13.2 Å². The summed E-state index contributed by atoms with van der Waals surface area (Å²) < 4.78 is 39.9. The minimum absolute atomic E-state index is 0.0557. The number of carboxylic acids is 1. The van der Waals surface area contributed by atoms with Gasteiger partial charge in [-0.15, -0.1) is 0 Å². The fourth-order valence-corrected chi connectivity index (χ4v) is 2.82. The Hall–Kier alpha value is -1.56. The van der Waals surface area contributed by atoms with Crippen molar-refractivity contribution in [3.05, 3.63) is 35.4 Å². The summed E-state index contributed by atoms with van der Waals surface area (Å²) in [5.41, 5.74) is -1.06. The van der Waals surface area contributed by atoms with E-state index < -0.39 is 30.0 Å². The predicted molar refractivity (Wildman–Crippen MR) is 67.4 cm³/mol. The van der Waals surface area contributed by atoms with Gasteiger partial charge in [-0.05, 0) is 31.0 Å². The second-order valence-corrected chi connectivity index (χ2v) is 5.23. The first-order valence-corrected chi connectivity index (χ1v) is 6.34. The standard InChI is InChI=1S/C14H16F3NO2/c1-9-4-2-3-5-10(9)6-11-7-18-8-13(11,12(19)20)14(15,16)17/h2-5,11,18H,6-8H2,1H3,(H,19,20)/t11-,13+/m1/s1. The summed E-state index contributed by atoms with van der Waals surface area (Å²) in [6.45, 7) is 1.30. The largest absolute Gasteiger partial charge is 0.481 e. The maximum absolute atomic E-state index is 13.3. The van der Waals surface area contributed by atoms with Crippen molar-refractivity contribution in [3.63, 3.8) is 0 Å². The monoisotopic (exact) mass is 287 g/mol. The molecular formula is C14H16F3NO2. The third kappa shape index (κ3) is 2.28. The highest BCUT2D eigenvalue weighted by Gasteiger charge is 2.66. The molecule has 2 N–H and O–H groups in total. The van der Waals surface area contributed by atoms with Crippen LogP contribution in [-0.4, -0.2) is 30.3 Å². The Morgan fingerprint density at radius 2 is 2.10 bits per heavy atom. The number of carbonyl (C=O) groups is 1. The Labute approximate surface area is 114 Å². The van der Waals surface area contributed by atoms with Crippen LogP contribution in [0, 0.1) is 18.3 Å². The van der Waals surface area contributed by atoms with Crippen molar-refractivity contribution < 1.29 is 23.1 Å². The van der Waals surface area contributed by atoms with Gasteiger partial charge in [0.2, 0.25) is 0 Å². The molecule has 0 radical (unpaired) electrons. The topological polar surface area (TPSA) is 49.3 Å². The van der Waals surface area contributed by atoms with E-state index in [1.54, 1.807) is 18.2 Å². The molecule has 110 valence electrons. The van der Waals surface area contributed by atoms with Gasteiger partial charge in [-0.2, -0.15) is 13.2 Å². The van der Waals surface area contributed by atoms with Gasteiger partial charge >= 0.3 is 12.1 Å². The van der Waals surface area contributed by atoms with Crippen LogP contribution in [0.5, 0.6) is 0 Å². The van der Waals surface area contributed by atoms with E-state index in [4.69, 9.17) is 5.11 Å². The van der Waals surface area contributed by atoms with Crippen molar-refractivity contribution in [1.29, 1.82) is 0 Å². The van der Waals surface area contributed by atoms with Crippen LogP contribution < -0.4 is 5.32 Å². The van der Waals surface area contributed by atoms with E-state index in [0.717, 1.165) is 11.1 Å². The predicted octanol–water partition coefficient (Wildman–Crippen LogP) is 2.39. The molecule has 6 heteroatoms.